The molecule has 1 aromatic carbocycles. The number of benzene rings is 1. The summed E-state index contributed by atoms with van der Waals surface area (Å²) in [5, 5.41) is 0.669. The van der Waals surface area contributed by atoms with Crippen LogP contribution in [0.2, 0.25) is 0 Å². The average Bonchev–Trinajstić information content (AvgIpc) is 3.37. The number of rotatable bonds is 3. The van der Waals surface area contributed by atoms with E-state index in [0.29, 0.717) is 23.7 Å². The van der Waals surface area contributed by atoms with Crippen LogP contribution in [-0.4, -0.2) is 28.7 Å². The number of carbonyl (C=O) groups excluding carboxylic acids is 1. The van der Waals surface area contributed by atoms with Crippen molar-refractivity contribution in [3.8, 4) is 0 Å². The molecule has 2 amide bonds. The molecule has 0 unspecified atom stereocenters. The molecular weight excluding hydrogens is 521 g/mol. The van der Waals surface area contributed by atoms with E-state index in [-0.39, 0.29) is 70.3 Å². The molecular formula is C22H33BrKN3O2S2. The van der Waals surface area contributed by atoms with Crippen molar-refractivity contribution in [2.24, 2.45) is 5.41 Å². The molecule has 1 saturated carbocycles. The Morgan fingerprint density at radius 3 is 2.13 bits per heavy atom. The molecule has 4 rings (SSSR count). The largest absolute Gasteiger partial charge is 1.00 e. The van der Waals surface area contributed by atoms with E-state index >= 15 is 0 Å². The Labute approximate surface area is 247 Å². The number of aromatic nitrogens is 1. The van der Waals surface area contributed by atoms with Crippen molar-refractivity contribution < 1.29 is 60.7 Å². The van der Waals surface area contributed by atoms with Gasteiger partial charge in [-0.2, -0.15) is 0 Å². The Hall–Kier alpha value is 0.546. The SMILES string of the molecule is CC.CCC.Cc1nc(N2CC3(CC3)CN(c3ccc(Br)cc3)C2=O)sc1SO.[CH3-].[K+]. The van der Waals surface area contributed by atoms with E-state index in [9.17, 15) is 9.35 Å². The zero-order chi connectivity index (χ0) is 21.6. The maximum absolute atomic E-state index is 13.1. The third-order valence-corrected chi connectivity index (χ3v) is 7.04. The van der Waals surface area contributed by atoms with Crippen LogP contribution in [-0.2, 0) is 0 Å². The Kier molecular flexibility index (Phi) is 15.0. The summed E-state index contributed by atoms with van der Waals surface area (Å²) < 4.78 is 11.1. The number of halogens is 1. The first kappa shape index (κ1) is 31.5. The Morgan fingerprint density at radius 1 is 1.16 bits per heavy atom. The van der Waals surface area contributed by atoms with Crippen LogP contribution in [0, 0.1) is 19.8 Å². The second kappa shape index (κ2) is 14.7. The van der Waals surface area contributed by atoms with E-state index in [2.05, 4.69) is 34.8 Å². The fourth-order valence-electron chi connectivity index (χ4n) is 3.04. The molecule has 0 radical (unpaired) electrons. The van der Waals surface area contributed by atoms with Gasteiger partial charge in [0.05, 0.1) is 5.69 Å². The normalized spacial score (nSPS) is 15.6. The number of nitrogens with zero attached hydrogens (tertiary/aromatic N) is 3. The van der Waals surface area contributed by atoms with Crippen molar-refractivity contribution in [3.05, 3.63) is 41.9 Å². The van der Waals surface area contributed by atoms with E-state index in [4.69, 9.17) is 0 Å². The molecule has 9 heteroatoms. The van der Waals surface area contributed by atoms with E-state index in [0.717, 1.165) is 39.4 Å². The number of carbonyl (C=O) groups is 1. The van der Waals surface area contributed by atoms with Crippen molar-refractivity contribution in [1.82, 2.24) is 4.98 Å². The smallest absolute Gasteiger partial charge is 0.358 e. The van der Waals surface area contributed by atoms with Crippen LogP contribution in [0.25, 0.3) is 0 Å². The molecule has 1 aliphatic carbocycles. The number of amides is 2. The van der Waals surface area contributed by atoms with Crippen LogP contribution in [0.5, 0.6) is 0 Å². The van der Waals surface area contributed by atoms with Gasteiger partial charge >= 0.3 is 57.4 Å². The predicted octanol–water partition coefficient (Wildman–Crippen LogP) is 4.90. The minimum Gasteiger partial charge on any atom is -0.358 e. The van der Waals surface area contributed by atoms with Crippen molar-refractivity contribution >= 4 is 56.2 Å². The van der Waals surface area contributed by atoms with E-state index in [1.54, 1.807) is 4.90 Å². The number of hydrogen-bond donors (Lipinski definition) is 1. The zero-order valence-electron chi connectivity index (χ0n) is 19.7. The second-order valence-electron chi connectivity index (χ2n) is 7.10. The maximum Gasteiger partial charge on any atom is 1.00 e. The Bertz CT molecular complexity index is 814. The maximum atomic E-state index is 13.1. The van der Waals surface area contributed by atoms with Gasteiger partial charge in [-0.25, -0.2) is 9.78 Å². The molecule has 31 heavy (non-hydrogen) atoms. The van der Waals surface area contributed by atoms with Crippen LogP contribution in [0.1, 0.15) is 52.7 Å². The standard InChI is InChI=1S/C16H16BrN3O2S2.C3H8.C2H6.CH3.K/c1-10-13(24-22)23-14(18-10)20-9-16(6-7-16)8-19(15(20)21)12-4-2-11(17)3-5-12;1-3-2;1-2;;/h2-5,22H,6-9H2,1H3;3H2,1-2H3;1-2H3;1H3;/q;;;-1;+1. The Balaban J connectivity index is 0.00000119. The third-order valence-electron chi connectivity index (χ3n) is 4.60. The van der Waals surface area contributed by atoms with Crippen molar-refractivity contribution in [2.75, 3.05) is 22.9 Å². The monoisotopic (exact) mass is 553 g/mol. The topological polar surface area (TPSA) is 56.7 Å². The third kappa shape index (κ3) is 8.07. The number of thiazole rings is 1. The summed E-state index contributed by atoms with van der Waals surface area (Å²) in [6.07, 6.45) is 3.52. The zero-order valence-corrected chi connectivity index (χ0v) is 26.1. The van der Waals surface area contributed by atoms with Gasteiger partial charge < -0.3 is 12.0 Å². The van der Waals surface area contributed by atoms with Gasteiger partial charge in [0.1, 0.15) is 4.21 Å². The summed E-state index contributed by atoms with van der Waals surface area (Å²) in [4.78, 5) is 21.2. The molecule has 5 nitrogen and oxygen atoms in total. The Morgan fingerprint density at radius 2 is 1.68 bits per heavy atom. The molecule has 1 saturated heterocycles. The molecule has 1 aliphatic heterocycles. The molecule has 2 heterocycles. The summed E-state index contributed by atoms with van der Waals surface area (Å²) >= 11 is 5.50. The number of anilines is 2. The first-order valence-electron chi connectivity index (χ1n) is 10.1. The van der Waals surface area contributed by atoms with Gasteiger partial charge in [-0.05, 0) is 44.0 Å². The van der Waals surface area contributed by atoms with Crippen molar-refractivity contribution in [3.63, 3.8) is 0 Å². The number of urea groups is 1. The number of hydrogen-bond acceptors (Lipinski definition) is 5. The van der Waals surface area contributed by atoms with Crippen LogP contribution in [0.4, 0.5) is 15.6 Å². The van der Waals surface area contributed by atoms with Gasteiger partial charge in [0.15, 0.2) is 5.13 Å². The predicted molar refractivity (Wildman–Crippen MR) is 135 cm³/mol. The van der Waals surface area contributed by atoms with Crippen LogP contribution < -0.4 is 61.2 Å². The van der Waals surface area contributed by atoms with Gasteiger partial charge in [0.2, 0.25) is 0 Å². The molecule has 2 aliphatic rings. The summed E-state index contributed by atoms with van der Waals surface area (Å²) in [7, 11) is 0. The first-order valence-corrected chi connectivity index (χ1v) is 12.4. The van der Waals surface area contributed by atoms with Gasteiger partial charge in [-0.3, -0.25) is 9.80 Å². The molecule has 0 atom stereocenters. The first-order chi connectivity index (χ1) is 13.9. The molecule has 1 N–H and O–H groups in total. The van der Waals surface area contributed by atoms with E-state index < -0.39 is 0 Å². The quantitative estimate of drug-likeness (QED) is 0.333. The van der Waals surface area contributed by atoms with Gasteiger partial charge in [0.25, 0.3) is 0 Å². The molecule has 168 valence electrons. The summed E-state index contributed by atoms with van der Waals surface area (Å²) in [5.74, 6) is 0. The van der Waals surface area contributed by atoms with Gasteiger partial charge in [-0.15, -0.1) is 0 Å². The summed E-state index contributed by atoms with van der Waals surface area (Å²) in [6, 6.07) is 7.79. The average molecular weight is 555 g/mol. The van der Waals surface area contributed by atoms with Gasteiger partial charge in [0, 0.05) is 40.7 Å². The van der Waals surface area contributed by atoms with Crippen molar-refractivity contribution in [2.45, 2.75) is 58.1 Å². The van der Waals surface area contributed by atoms with E-state index in [1.807, 2.05) is 49.9 Å². The molecule has 1 spiro atoms. The van der Waals surface area contributed by atoms with Crippen molar-refractivity contribution in [1.29, 1.82) is 0 Å². The summed E-state index contributed by atoms with van der Waals surface area (Å²) in [6.45, 7) is 11.6. The van der Waals surface area contributed by atoms with Crippen LogP contribution >= 0.6 is 39.3 Å². The van der Waals surface area contributed by atoms with Crippen LogP contribution in [0.3, 0.4) is 0 Å². The van der Waals surface area contributed by atoms with Gasteiger partial charge in [-0.1, -0.05) is 61.4 Å². The molecule has 0 bridgehead atoms. The second-order valence-corrected chi connectivity index (χ2v) is 9.84. The minimum absolute atomic E-state index is 0. The minimum atomic E-state index is -0.0434. The molecule has 1 aromatic heterocycles. The van der Waals surface area contributed by atoms with Crippen LogP contribution in [0.15, 0.2) is 32.9 Å². The fourth-order valence-corrected chi connectivity index (χ4v) is 4.65. The number of aryl methyl sites for hydroxylation is 1. The van der Waals surface area contributed by atoms with E-state index in [1.165, 1.54) is 17.8 Å². The molecule has 2 aromatic rings. The fraction of sp³-hybridized carbons (Fsp3) is 0.500. The molecule has 2 fully saturated rings. The summed E-state index contributed by atoms with van der Waals surface area (Å²) in [5.41, 5.74) is 1.85.